The number of rotatable bonds is 2. The largest absolute Gasteiger partial charge is 0.377 e. The third kappa shape index (κ3) is 5.21. The van der Waals surface area contributed by atoms with Crippen LogP contribution in [0.5, 0.6) is 0 Å². The third-order valence-corrected chi connectivity index (χ3v) is 0.390. The lowest BCUT2D eigenvalue weighted by Gasteiger charge is -1.97. The van der Waals surface area contributed by atoms with Crippen LogP contribution in [0.25, 0.3) is 0 Å². The van der Waals surface area contributed by atoms with Crippen LogP contribution in [0.1, 0.15) is 0 Å². The maximum absolute atomic E-state index is 8.25. The van der Waals surface area contributed by atoms with Crippen molar-refractivity contribution in [3.05, 3.63) is 0 Å². The van der Waals surface area contributed by atoms with Gasteiger partial charge in [-0.05, 0) is 0 Å². The molecule has 4 heteroatoms. The second kappa shape index (κ2) is 3.40. The molecule has 40 valence electrons. The maximum atomic E-state index is 8.25. The van der Waals surface area contributed by atoms with E-state index in [1.807, 2.05) is 0 Å². The smallest absolute Gasteiger partial charge is 0.176 e. The van der Waals surface area contributed by atoms with Crippen LogP contribution in [0.4, 0.5) is 0 Å². The van der Waals surface area contributed by atoms with Crippen molar-refractivity contribution in [2.45, 2.75) is 6.23 Å². The van der Waals surface area contributed by atoms with E-state index >= 15 is 0 Å². The van der Waals surface area contributed by atoms with E-state index in [-0.39, 0.29) is 6.54 Å². The molecule has 0 aliphatic carbocycles. The van der Waals surface area contributed by atoms with Crippen molar-refractivity contribution >= 4 is 0 Å². The summed E-state index contributed by atoms with van der Waals surface area (Å²) in [5.41, 5.74) is 4.82. The number of aliphatic hydroxyl groups excluding tert-OH is 1. The first-order valence-corrected chi connectivity index (χ1v) is 1.83. The van der Waals surface area contributed by atoms with Gasteiger partial charge in [0, 0.05) is 0 Å². The molecule has 0 heterocycles. The predicted octanol–water partition coefficient (Wildman–Crippen LogP) is -1.67. The zero-order valence-corrected chi connectivity index (χ0v) is 3.76. The maximum Gasteiger partial charge on any atom is 0.176 e. The second-order valence-electron chi connectivity index (χ2n) is 1.06. The van der Waals surface area contributed by atoms with Crippen molar-refractivity contribution < 1.29 is 5.11 Å². The summed E-state index contributed by atoms with van der Waals surface area (Å²) in [7, 11) is 0. The number of hydrogen-bond donors (Lipinski definition) is 3. The van der Waals surface area contributed by atoms with Crippen molar-refractivity contribution in [1.82, 2.24) is 5.32 Å². The highest BCUT2D eigenvalue weighted by Crippen LogP contribution is 1.59. The minimum atomic E-state index is -0.931. The molecule has 0 aromatic carbocycles. The highest BCUT2D eigenvalue weighted by atomic mass is 16.3. The Labute approximate surface area is 41.5 Å². The molecule has 0 aliphatic rings. The molecule has 0 fully saturated rings. The van der Waals surface area contributed by atoms with Gasteiger partial charge in [0.15, 0.2) is 6.19 Å². The molecule has 4 nitrogen and oxygen atoms in total. The van der Waals surface area contributed by atoms with Crippen LogP contribution in [0, 0.1) is 11.5 Å². The van der Waals surface area contributed by atoms with Gasteiger partial charge in [-0.2, -0.15) is 5.26 Å². The van der Waals surface area contributed by atoms with Crippen LogP contribution >= 0.6 is 0 Å². The molecule has 0 saturated carbocycles. The number of nitrogens with zero attached hydrogens (tertiary/aromatic N) is 1. The molecule has 0 aliphatic heterocycles. The average molecular weight is 101 g/mol. The first-order valence-electron chi connectivity index (χ1n) is 1.83. The van der Waals surface area contributed by atoms with Crippen molar-refractivity contribution in [3.63, 3.8) is 0 Å². The summed E-state index contributed by atoms with van der Waals surface area (Å²) in [6.07, 6.45) is 0.678. The van der Waals surface area contributed by atoms with Crippen molar-refractivity contribution in [3.8, 4) is 6.19 Å². The molecule has 7 heavy (non-hydrogen) atoms. The number of nitrogens with one attached hydrogen (secondary N) is 1. The Bertz CT molecular complexity index is 74.7. The normalized spacial score (nSPS) is 12.1. The zero-order chi connectivity index (χ0) is 5.70. The Morgan fingerprint density at radius 3 is 2.71 bits per heavy atom. The van der Waals surface area contributed by atoms with Gasteiger partial charge in [-0.3, -0.25) is 0 Å². The molecule has 0 bridgehead atoms. The Kier molecular flexibility index (Phi) is 3.02. The molecular formula is C3H7N3O. The van der Waals surface area contributed by atoms with E-state index < -0.39 is 6.23 Å². The summed E-state index contributed by atoms with van der Waals surface area (Å²) in [6.45, 7) is 0.122. The fourth-order valence-corrected chi connectivity index (χ4v) is 0.150. The van der Waals surface area contributed by atoms with Crippen LogP contribution in [0.3, 0.4) is 0 Å². The molecule has 0 spiro atoms. The number of hydrogen-bond acceptors (Lipinski definition) is 4. The summed E-state index contributed by atoms with van der Waals surface area (Å²) in [5, 5.41) is 18.2. The summed E-state index contributed by atoms with van der Waals surface area (Å²) in [4.78, 5) is 0. The van der Waals surface area contributed by atoms with E-state index in [4.69, 9.17) is 16.1 Å². The monoisotopic (exact) mass is 101 g/mol. The Morgan fingerprint density at radius 2 is 2.57 bits per heavy atom. The topological polar surface area (TPSA) is 82.1 Å². The standard InChI is InChI=1S/C3H7N3O/c4-2-6-1-3(5)7/h3,6-7H,1,5H2. The number of aliphatic hydroxyl groups is 1. The van der Waals surface area contributed by atoms with Gasteiger partial charge < -0.3 is 16.2 Å². The SMILES string of the molecule is N#CNCC(N)O. The van der Waals surface area contributed by atoms with Crippen molar-refractivity contribution in [2.24, 2.45) is 5.73 Å². The van der Waals surface area contributed by atoms with E-state index in [1.165, 1.54) is 0 Å². The van der Waals surface area contributed by atoms with E-state index in [1.54, 1.807) is 6.19 Å². The number of nitriles is 1. The third-order valence-electron chi connectivity index (χ3n) is 0.390. The van der Waals surface area contributed by atoms with E-state index in [0.717, 1.165) is 0 Å². The van der Waals surface area contributed by atoms with Gasteiger partial charge in [-0.15, -0.1) is 0 Å². The van der Waals surface area contributed by atoms with Crippen LogP contribution in [-0.2, 0) is 0 Å². The molecule has 0 aromatic heterocycles. The minimum absolute atomic E-state index is 0.122. The van der Waals surface area contributed by atoms with Crippen LogP contribution in [-0.4, -0.2) is 17.9 Å². The molecule has 0 saturated heterocycles. The summed E-state index contributed by atoms with van der Waals surface area (Å²) < 4.78 is 0. The Hall–Kier alpha value is -0.790. The second-order valence-corrected chi connectivity index (χ2v) is 1.06. The van der Waals surface area contributed by atoms with E-state index in [9.17, 15) is 0 Å². The lowest BCUT2D eigenvalue weighted by Crippen LogP contribution is -2.30. The van der Waals surface area contributed by atoms with Gasteiger partial charge in [0.1, 0.15) is 6.23 Å². The van der Waals surface area contributed by atoms with Crippen molar-refractivity contribution in [2.75, 3.05) is 6.54 Å². The molecule has 0 rings (SSSR count). The lowest BCUT2D eigenvalue weighted by molar-refractivity contribution is 0.184. The van der Waals surface area contributed by atoms with E-state index in [0.29, 0.717) is 0 Å². The average Bonchev–Trinajstić information content (AvgIpc) is 1.61. The van der Waals surface area contributed by atoms with Gasteiger partial charge in [0.25, 0.3) is 0 Å². The molecule has 0 amide bonds. The fraction of sp³-hybridized carbons (Fsp3) is 0.667. The van der Waals surface area contributed by atoms with Crippen molar-refractivity contribution in [1.29, 1.82) is 5.26 Å². The molecule has 4 N–H and O–H groups in total. The van der Waals surface area contributed by atoms with Crippen LogP contribution in [0.2, 0.25) is 0 Å². The van der Waals surface area contributed by atoms with Gasteiger partial charge in [0.05, 0.1) is 6.54 Å². The molecule has 1 unspecified atom stereocenters. The molecule has 0 aromatic rings. The van der Waals surface area contributed by atoms with Gasteiger partial charge in [-0.25, -0.2) is 0 Å². The first-order chi connectivity index (χ1) is 3.27. The summed E-state index contributed by atoms with van der Waals surface area (Å²) >= 11 is 0. The highest BCUT2D eigenvalue weighted by molar-refractivity contribution is 4.65. The predicted molar refractivity (Wildman–Crippen MR) is 23.8 cm³/mol. The highest BCUT2D eigenvalue weighted by Gasteiger charge is 1.88. The minimum Gasteiger partial charge on any atom is -0.377 e. The summed E-state index contributed by atoms with van der Waals surface area (Å²) in [6, 6.07) is 0. The zero-order valence-electron chi connectivity index (χ0n) is 3.76. The summed E-state index contributed by atoms with van der Waals surface area (Å²) in [5.74, 6) is 0. The molecule has 1 atom stereocenters. The lowest BCUT2D eigenvalue weighted by atomic mass is 10.6. The Balaban J connectivity index is 2.86. The first kappa shape index (κ1) is 6.21. The van der Waals surface area contributed by atoms with Gasteiger partial charge >= 0.3 is 0 Å². The number of nitrogens with two attached hydrogens (primary N) is 1. The molecule has 0 radical (unpaired) electrons. The van der Waals surface area contributed by atoms with E-state index in [2.05, 4.69) is 5.32 Å². The fourth-order valence-electron chi connectivity index (χ4n) is 0.150. The molecular weight excluding hydrogens is 94.1 g/mol. The van der Waals surface area contributed by atoms with Gasteiger partial charge in [-0.1, -0.05) is 0 Å². The quantitative estimate of drug-likeness (QED) is 0.221. The van der Waals surface area contributed by atoms with Gasteiger partial charge in [0.2, 0.25) is 0 Å². The Morgan fingerprint density at radius 1 is 2.00 bits per heavy atom. The van der Waals surface area contributed by atoms with Crippen LogP contribution < -0.4 is 11.1 Å². The van der Waals surface area contributed by atoms with Crippen LogP contribution in [0.15, 0.2) is 0 Å².